The summed E-state index contributed by atoms with van der Waals surface area (Å²) >= 11 is 0. The molecule has 0 unspecified atom stereocenters. The monoisotopic (exact) mass is 250 g/mol. The largest absolute Gasteiger partial charge is 0.277 e. The highest BCUT2D eigenvalue weighted by molar-refractivity contribution is 5.62. The average Bonchev–Trinajstić information content (AvgIpc) is 2.64. The highest BCUT2D eigenvalue weighted by atomic mass is 19.1. The lowest BCUT2D eigenvalue weighted by Gasteiger charge is -2.16. The van der Waals surface area contributed by atoms with Crippen molar-refractivity contribution in [3.05, 3.63) is 46.4 Å². The van der Waals surface area contributed by atoms with E-state index < -0.39 is 11.8 Å². The molecule has 0 amide bonds. The number of hydrogen-bond donors (Lipinski definition) is 0. The van der Waals surface area contributed by atoms with Gasteiger partial charge in [-0.2, -0.15) is 4.39 Å². The van der Waals surface area contributed by atoms with Crippen LogP contribution in [0.15, 0.2) is 29.1 Å². The number of nitrogens with zero attached hydrogens (tertiary/aromatic N) is 2. The fourth-order valence-electron chi connectivity index (χ4n) is 2.39. The zero-order valence-electron chi connectivity index (χ0n) is 9.70. The third-order valence-corrected chi connectivity index (χ3v) is 3.30. The Morgan fingerprint density at radius 3 is 2.17 bits per heavy atom. The minimum absolute atomic E-state index is 0.0388. The Balaban J connectivity index is 2.21. The Hall–Kier alpha value is -1.91. The standard InChI is InChI=1S/C13H12F2N2O/c14-10-5-3-9(4-6-10)11-12(15)16-7-1-2-8-17(16)13(11)18/h3-6H,1-2,7-8H2. The molecule has 3 nitrogen and oxygen atoms in total. The number of hydrogen-bond acceptors (Lipinski definition) is 1. The molecule has 1 aromatic heterocycles. The lowest BCUT2D eigenvalue weighted by atomic mass is 10.1. The van der Waals surface area contributed by atoms with Crippen LogP contribution in [0, 0.1) is 11.8 Å². The summed E-state index contributed by atoms with van der Waals surface area (Å²) < 4.78 is 29.9. The normalized spacial score (nSPS) is 14.6. The van der Waals surface area contributed by atoms with E-state index in [-0.39, 0.29) is 11.1 Å². The number of fused-ring (bicyclic) bond motifs is 1. The van der Waals surface area contributed by atoms with Crippen LogP contribution in [0.2, 0.25) is 0 Å². The van der Waals surface area contributed by atoms with E-state index in [0.717, 1.165) is 12.8 Å². The van der Waals surface area contributed by atoms with Crippen LogP contribution in [0.4, 0.5) is 8.78 Å². The lowest BCUT2D eigenvalue weighted by Crippen LogP contribution is -2.27. The lowest BCUT2D eigenvalue weighted by molar-refractivity contribution is 0.310. The van der Waals surface area contributed by atoms with E-state index in [0.29, 0.717) is 18.7 Å². The number of aromatic nitrogens is 2. The minimum Gasteiger partial charge on any atom is -0.267 e. The molecule has 0 aliphatic carbocycles. The maximum absolute atomic E-state index is 14.2. The van der Waals surface area contributed by atoms with E-state index in [2.05, 4.69) is 0 Å². The predicted octanol–water partition coefficient (Wildman–Crippen LogP) is 2.39. The Bertz CT molecular complexity index is 640. The molecule has 0 N–H and O–H groups in total. The van der Waals surface area contributed by atoms with Crippen LogP contribution in [0.5, 0.6) is 0 Å². The Morgan fingerprint density at radius 1 is 0.944 bits per heavy atom. The van der Waals surface area contributed by atoms with Gasteiger partial charge in [-0.1, -0.05) is 12.1 Å². The summed E-state index contributed by atoms with van der Waals surface area (Å²) in [7, 11) is 0. The molecule has 0 spiro atoms. The van der Waals surface area contributed by atoms with E-state index in [9.17, 15) is 13.6 Å². The Kier molecular flexibility index (Phi) is 2.54. The van der Waals surface area contributed by atoms with Gasteiger partial charge in [0.05, 0.1) is 0 Å². The van der Waals surface area contributed by atoms with E-state index in [1.165, 1.54) is 33.6 Å². The number of rotatable bonds is 1. The molecule has 5 heteroatoms. The van der Waals surface area contributed by atoms with Gasteiger partial charge in [0.1, 0.15) is 11.4 Å². The highest BCUT2D eigenvalue weighted by Gasteiger charge is 2.22. The molecule has 0 atom stereocenters. The molecule has 2 aromatic rings. The molecule has 0 radical (unpaired) electrons. The summed E-state index contributed by atoms with van der Waals surface area (Å²) in [4.78, 5) is 12.1. The molecule has 1 aromatic carbocycles. The first-order valence-corrected chi connectivity index (χ1v) is 5.93. The maximum atomic E-state index is 14.2. The van der Waals surface area contributed by atoms with Crippen LogP contribution in [-0.2, 0) is 13.1 Å². The summed E-state index contributed by atoms with van der Waals surface area (Å²) in [6.45, 7) is 1.05. The molecular weight excluding hydrogens is 238 g/mol. The van der Waals surface area contributed by atoms with E-state index in [1.807, 2.05) is 0 Å². The number of benzene rings is 1. The first-order valence-electron chi connectivity index (χ1n) is 5.93. The number of halogens is 2. The molecule has 0 saturated carbocycles. The predicted molar refractivity (Wildman–Crippen MR) is 63.3 cm³/mol. The maximum Gasteiger partial charge on any atom is 0.277 e. The fraction of sp³-hybridized carbons (Fsp3) is 0.308. The molecule has 2 heterocycles. The van der Waals surface area contributed by atoms with Crippen molar-refractivity contribution >= 4 is 0 Å². The zero-order valence-corrected chi connectivity index (χ0v) is 9.70. The summed E-state index contributed by atoms with van der Waals surface area (Å²) in [6.07, 6.45) is 1.75. The van der Waals surface area contributed by atoms with Crippen molar-refractivity contribution in [2.45, 2.75) is 25.9 Å². The molecule has 18 heavy (non-hydrogen) atoms. The van der Waals surface area contributed by atoms with Gasteiger partial charge in [-0.15, -0.1) is 0 Å². The van der Waals surface area contributed by atoms with Crippen LogP contribution in [-0.4, -0.2) is 9.36 Å². The van der Waals surface area contributed by atoms with Gasteiger partial charge in [-0.05, 0) is 30.5 Å². The summed E-state index contributed by atoms with van der Waals surface area (Å²) in [5.41, 5.74) is 0.129. The van der Waals surface area contributed by atoms with Crippen LogP contribution in [0.1, 0.15) is 12.8 Å². The summed E-state index contributed by atoms with van der Waals surface area (Å²) in [5, 5.41) is 0. The van der Waals surface area contributed by atoms with Gasteiger partial charge in [0.15, 0.2) is 0 Å². The van der Waals surface area contributed by atoms with Gasteiger partial charge >= 0.3 is 0 Å². The van der Waals surface area contributed by atoms with Crippen LogP contribution >= 0.6 is 0 Å². The molecule has 1 aliphatic heterocycles. The van der Waals surface area contributed by atoms with E-state index >= 15 is 0 Å². The second-order valence-electron chi connectivity index (χ2n) is 4.43. The molecule has 1 aliphatic rings. The topological polar surface area (TPSA) is 26.9 Å². The van der Waals surface area contributed by atoms with Gasteiger partial charge in [-0.3, -0.25) is 9.48 Å². The molecule has 94 valence electrons. The first kappa shape index (κ1) is 11.2. The highest BCUT2D eigenvalue weighted by Crippen LogP contribution is 2.22. The van der Waals surface area contributed by atoms with Gasteiger partial charge in [0.25, 0.3) is 5.56 Å². The van der Waals surface area contributed by atoms with Gasteiger partial charge in [0.2, 0.25) is 5.95 Å². The SMILES string of the molecule is O=c1c(-c2ccc(F)cc2)c(F)n2n1CCCC2. The Morgan fingerprint density at radius 2 is 1.56 bits per heavy atom. The molecule has 3 rings (SSSR count). The van der Waals surface area contributed by atoms with Crippen LogP contribution < -0.4 is 5.56 Å². The van der Waals surface area contributed by atoms with Crippen molar-refractivity contribution in [2.24, 2.45) is 0 Å². The fourth-order valence-corrected chi connectivity index (χ4v) is 2.39. The van der Waals surface area contributed by atoms with Gasteiger partial charge in [-0.25, -0.2) is 9.07 Å². The summed E-state index contributed by atoms with van der Waals surface area (Å²) in [6, 6.07) is 5.33. The van der Waals surface area contributed by atoms with Crippen molar-refractivity contribution in [3.8, 4) is 11.1 Å². The molecule has 0 fully saturated rings. The van der Waals surface area contributed by atoms with Crippen molar-refractivity contribution in [3.63, 3.8) is 0 Å². The summed E-state index contributed by atoms with van der Waals surface area (Å²) in [5.74, 6) is -0.922. The smallest absolute Gasteiger partial charge is 0.267 e. The Labute approximate surface area is 102 Å². The van der Waals surface area contributed by atoms with Crippen molar-refractivity contribution < 1.29 is 8.78 Å². The average molecular weight is 250 g/mol. The molecular formula is C13H12F2N2O. The minimum atomic E-state index is -0.522. The van der Waals surface area contributed by atoms with Crippen molar-refractivity contribution in [1.82, 2.24) is 9.36 Å². The van der Waals surface area contributed by atoms with Crippen LogP contribution in [0.3, 0.4) is 0 Å². The van der Waals surface area contributed by atoms with Crippen molar-refractivity contribution in [1.29, 1.82) is 0 Å². The third kappa shape index (κ3) is 1.58. The second-order valence-corrected chi connectivity index (χ2v) is 4.43. The molecule has 0 saturated heterocycles. The third-order valence-electron chi connectivity index (χ3n) is 3.30. The quantitative estimate of drug-likeness (QED) is 0.763. The first-order chi connectivity index (χ1) is 8.68. The van der Waals surface area contributed by atoms with Crippen LogP contribution in [0.25, 0.3) is 11.1 Å². The van der Waals surface area contributed by atoms with E-state index in [4.69, 9.17) is 0 Å². The molecule has 0 bridgehead atoms. The van der Waals surface area contributed by atoms with Gasteiger partial charge < -0.3 is 0 Å². The van der Waals surface area contributed by atoms with Crippen molar-refractivity contribution in [2.75, 3.05) is 0 Å². The second kappa shape index (κ2) is 4.08. The zero-order chi connectivity index (χ0) is 12.7. The van der Waals surface area contributed by atoms with E-state index in [1.54, 1.807) is 0 Å². The van der Waals surface area contributed by atoms with Gasteiger partial charge in [0, 0.05) is 13.1 Å².